The number of carbonyl (C=O) groups excluding carboxylic acids is 2. The van der Waals surface area contributed by atoms with Crippen molar-refractivity contribution in [2.45, 2.75) is 6.42 Å². The third-order valence-electron chi connectivity index (χ3n) is 2.51. The third-order valence-corrected chi connectivity index (χ3v) is 2.51. The average molecular weight is 250 g/mol. The van der Waals surface area contributed by atoms with E-state index in [0.29, 0.717) is 0 Å². The van der Waals surface area contributed by atoms with Gasteiger partial charge in [-0.05, 0) is 5.56 Å². The van der Waals surface area contributed by atoms with Crippen LogP contribution >= 0.6 is 0 Å². The van der Waals surface area contributed by atoms with Gasteiger partial charge in [-0.25, -0.2) is 0 Å². The number of aliphatic hydroxyl groups excluding tert-OH is 1. The van der Waals surface area contributed by atoms with E-state index in [0.717, 1.165) is 5.56 Å². The first-order valence-electron chi connectivity index (χ1n) is 5.79. The van der Waals surface area contributed by atoms with E-state index in [1.54, 1.807) is 7.05 Å². The molecule has 0 fully saturated rings. The van der Waals surface area contributed by atoms with Crippen LogP contribution in [0.15, 0.2) is 30.3 Å². The van der Waals surface area contributed by atoms with Crippen molar-refractivity contribution < 1.29 is 14.7 Å². The zero-order valence-corrected chi connectivity index (χ0v) is 10.4. The minimum atomic E-state index is -0.217. The zero-order valence-electron chi connectivity index (χ0n) is 10.4. The zero-order chi connectivity index (χ0) is 13.4. The van der Waals surface area contributed by atoms with Crippen molar-refractivity contribution in [3.05, 3.63) is 35.9 Å². The van der Waals surface area contributed by atoms with E-state index >= 15 is 0 Å². The number of hydrogen-bond acceptors (Lipinski definition) is 3. The Morgan fingerprint density at radius 2 is 1.94 bits per heavy atom. The van der Waals surface area contributed by atoms with Gasteiger partial charge in [-0.2, -0.15) is 0 Å². The molecule has 0 heterocycles. The number of nitrogens with one attached hydrogen (secondary N) is 1. The number of likely N-dealkylation sites (N-methyl/N-ethyl adjacent to an activating group) is 1. The van der Waals surface area contributed by atoms with Crippen LogP contribution in [-0.4, -0.2) is 48.6 Å². The largest absolute Gasteiger partial charge is 0.395 e. The molecule has 2 amide bonds. The summed E-state index contributed by atoms with van der Waals surface area (Å²) in [5.74, 6) is -0.405. The second-order valence-corrected chi connectivity index (χ2v) is 3.98. The number of benzene rings is 1. The van der Waals surface area contributed by atoms with Crippen LogP contribution in [0.5, 0.6) is 0 Å². The maximum atomic E-state index is 11.6. The smallest absolute Gasteiger partial charge is 0.241 e. The van der Waals surface area contributed by atoms with Gasteiger partial charge in [0, 0.05) is 13.6 Å². The van der Waals surface area contributed by atoms with Crippen LogP contribution in [0.25, 0.3) is 0 Å². The standard InChI is InChI=1S/C13H18N2O3/c1-15(7-8-16)13(18)10-14-12(17)9-11-5-3-2-4-6-11/h2-6,16H,7-10H2,1H3,(H,14,17). The summed E-state index contributed by atoms with van der Waals surface area (Å²) in [5, 5.41) is 11.2. The van der Waals surface area contributed by atoms with E-state index in [4.69, 9.17) is 5.11 Å². The van der Waals surface area contributed by atoms with E-state index in [2.05, 4.69) is 5.32 Å². The van der Waals surface area contributed by atoms with Crippen molar-refractivity contribution in [3.8, 4) is 0 Å². The third kappa shape index (κ3) is 4.97. The monoisotopic (exact) mass is 250 g/mol. The second-order valence-electron chi connectivity index (χ2n) is 3.98. The SMILES string of the molecule is CN(CCO)C(=O)CNC(=O)Cc1ccccc1. The van der Waals surface area contributed by atoms with Gasteiger partial charge in [0.15, 0.2) is 0 Å². The fourth-order valence-electron chi connectivity index (χ4n) is 1.43. The molecule has 1 aromatic rings. The molecule has 5 heteroatoms. The Balaban J connectivity index is 2.31. The topological polar surface area (TPSA) is 69.6 Å². The molecule has 0 saturated carbocycles. The highest BCUT2D eigenvalue weighted by Gasteiger charge is 2.09. The van der Waals surface area contributed by atoms with Gasteiger partial charge >= 0.3 is 0 Å². The maximum Gasteiger partial charge on any atom is 0.241 e. The summed E-state index contributed by atoms with van der Waals surface area (Å²) in [7, 11) is 1.59. The molecular weight excluding hydrogens is 232 g/mol. The summed E-state index contributed by atoms with van der Waals surface area (Å²) in [4.78, 5) is 24.4. The van der Waals surface area contributed by atoms with Crippen molar-refractivity contribution in [1.29, 1.82) is 0 Å². The molecule has 0 aliphatic heterocycles. The van der Waals surface area contributed by atoms with Gasteiger partial charge in [-0.3, -0.25) is 9.59 Å². The van der Waals surface area contributed by atoms with Gasteiger partial charge in [0.2, 0.25) is 11.8 Å². The molecule has 2 N–H and O–H groups in total. The Bertz CT molecular complexity index is 392. The number of hydrogen-bond donors (Lipinski definition) is 2. The molecule has 0 saturated heterocycles. The number of rotatable bonds is 6. The van der Waals surface area contributed by atoms with E-state index in [1.165, 1.54) is 4.90 Å². The molecule has 0 aromatic heterocycles. The van der Waals surface area contributed by atoms with E-state index in [1.807, 2.05) is 30.3 Å². The lowest BCUT2D eigenvalue weighted by Crippen LogP contribution is -2.39. The summed E-state index contributed by atoms with van der Waals surface area (Å²) < 4.78 is 0. The Morgan fingerprint density at radius 3 is 2.56 bits per heavy atom. The minimum absolute atomic E-state index is 0.0395. The Kier molecular flexibility index (Phi) is 5.87. The molecule has 1 rings (SSSR count). The molecular formula is C13H18N2O3. The fraction of sp³-hybridized carbons (Fsp3) is 0.385. The molecule has 0 aliphatic rings. The number of amides is 2. The van der Waals surface area contributed by atoms with E-state index < -0.39 is 0 Å². The normalized spacial score (nSPS) is 9.89. The predicted molar refractivity (Wildman–Crippen MR) is 67.9 cm³/mol. The van der Waals surface area contributed by atoms with Gasteiger partial charge < -0.3 is 15.3 Å². The Morgan fingerprint density at radius 1 is 1.28 bits per heavy atom. The van der Waals surface area contributed by atoms with Crippen molar-refractivity contribution >= 4 is 11.8 Å². The predicted octanol–water partition coefficient (Wildman–Crippen LogP) is -0.204. The average Bonchev–Trinajstić information content (AvgIpc) is 2.37. The van der Waals surface area contributed by atoms with E-state index in [-0.39, 0.29) is 37.9 Å². The van der Waals surface area contributed by atoms with Crippen LogP contribution in [0.4, 0.5) is 0 Å². The molecule has 18 heavy (non-hydrogen) atoms. The maximum absolute atomic E-state index is 11.6. The number of nitrogens with zero attached hydrogens (tertiary/aromatic N) is 1. The number of aliphatic hydroxyl groups is 1. The summed E-state index contributed by atoms with van der Waals surface area (Å²) in [6, 6.07) is 9.33. The van der Waals surface area contributed by atoms with Gasteiger partial charge in [-0.1, -0.05) is 30.3 Å². The van der Waals surface area contributed by atoms with Gasteiger partial charge in [0.25, 0.3) is 0 Å². The van der Waals surface area contributed by atoms with Crippen LogP contribution in [0.1, 0.15) is 5.56 Å². The lowest BCUT2D eigenvalue weighted by Gasteiger charge is -2.15. The van der Waals surface area contributed by atoms with Crippen LogP contribution in [0.3, 0.4) is 0 Å². The first-order valence-corrected chi connectivity index (χ1v) is 5.79. The molecule has 0 atom stereocenters. The molecule has 1 aromatic carbocycles. The number of carbonyl (C=O) groups is 2. The van der Waals surface area contributed by atoms with Gasteiger partial charge in [-0.15, -0.1) is 0 Å². The van der Waals surface area contributed by atoms with Crippen LogP contribution in [0.2, 0.25) is 0 Å². The molecule has 98 valence electrons. The van der Waals surface area contributed by atoms with E-state index in [9.17, 15) is 9.59 Å². The molecule has 0 aliphatic carbocycles. The molecule has 0 bridgehead atoms. The Hall–Kier alpha value is -1.88. The molecule has 5 nitrogen and oxygen atoms in total. The van der Waals surface area contributed by atoms with Crippen LogP contribution in [-0.2, 0) is 16.0 Å². The van der Waals surface area contributed by atoms with Crippen molar-refractivity contribution in [3.63, 3.8) is 0 Å². The summed E-state index contributed by atoms with van der Waals surface area (Å²) >= 11 is 0. The van der Waals surface area contributed by atoms with Gasteiger partial charge in [0.1, 0.15) is 0 Å². The first-order chi connectivity index (χ1) is 8.63. The minimum Gasteiger partial charge on any atom is -0.395 e. The highest BCUT2D eigenvalue weighted by molar-refractivity contribution is 5.85. The fourth-order valence-corrected chi connectivity index (χ4v) is 1.43. The van der Waals surface area contributed by atoms with Crippen molar-refractivity contribution in [1.82, 2.24) is 10.2 Å². The molecule has 0 spiro atoms. The molecule has 0 unspecified atom stereocenters. The lowest BCUT2D eigenvalue weighted by molar-refractivity contribution is -0.132. The first kappa shape index (κ1) is 14.2. The second kappa shape index (κ2) is 7.45. The summed E-state index contributed by atoms with van der Waals surface area (Å²) in [6.45, 7) is 0.149. The van der Waals surface area contributed by atoms with Crippen molar-refractivity contribution in [2.24, 2.45) is 0 Å². The molecule has 0 radical (unpaired) electrons. The van der Waals surface area contributed by atoms with Crippen LogP contribution in [0, 0.1) is 0 Å². The Labute approximate surface area is 106 Å². The lowest BCUT2D eigenvalue weighted by atomic mass is 10.1. The highest BCUT2D eigenvalue weighted by atomic mass is 16.3. The summed E-state index contributed by atoms with van der Waals surface area (Å²) in [5.41, 5.74) is 0.908. The summed E-state index contributed by atoms with van der Waals surface area (Å²) in [6.07, 6.45) is 0.262. The quantitative estimate of drug-likeness (QED) is 0.734. The van der Waals surface area contributed by atoms with Crippen molar-refractivity contribution in [2.75, 3.05) is 26.7 Å². The highest BCUT2D eigenvalue weighted by Crippen LogP contribution is 1.98. The van der Waals surface area contributed by atoms with Crippen LogP contribution < -0.4 is 5.32 Å². The van der Waals surface area contributed by atoms with Gasteiger partial charge in [0.05, 0.1) is 19.6 Å².